The molecule has 0 bridgehead atoms. The molecular formula is C23H23NO3. The predicted octanol–water partition coefficient (Wildman–Crippen LogP) is 5.08. The van der Waals surface area contributed by atoms with Crippen LogP contribution in [0, 0.1) is 0 Å². The molecule has 138 valence electrons. The zero-order chi connectivity index (χ0) is 19.3. The molecule has 0 saturated carbocycles. The van der Waals surface area contributed by atoms with Crippen molar-refractivity contribution < 1.29 is 9.84 Å². The van der Waals surface area contributed by atoms with Crippen LogP contribution < -0.4 is 10.2 Å². The molecule has 3 aromatic rings. The van der Waals surface area contributed by atoms with Crippen molar-refractivity contribution in [3.8, 4) is 11.5 Å². The SMILES string of the molecule is CC(C)=CCc1c2c(c(O)c3c(=O)c4ccccc4[nH]c13)C=CC(C)(C)O2. The van der Waals surface area contributed by atoms with E-state index in [-0.39, 0.29) is 11.2 Å². The van der Waals surface area contributed by atoms with Crippen LogP contribution in [0.4, 0.5) is 0 Å². The van der Waals surface area contributed by atoms with Gasteiger partial charge in [-0.25, -0.2) is 0 Å². The smallest absolute Gasteiger partial charge is 0.200 e. The van der Waals surface area contributed by atoms with E-state index in [1.54, 1.807) is 6.07 Å². The molecule has 1 aromatic heterocycles. The number of hydrogen-bond acceptors (Lipinski definition) is 3. The largest absolute Gasteiger partial charge is 0.506 e. The van der Waals surface area contributed by atoms with Crippen LogP contribution in [0.3, 0.4) is 0 Å². The Morgan fingerprint density at radius 3 is 2.74 bits per heavy atom. The number of H-pyrrole nitrogens is 1. The topological polar surface area (TPSA) is 62.3 Å². The molecule has 0 radical (unpaired) electrons. The second-order valence-electron chi connectivity index (χ2n) is 7.84. The van der Waals surface area contributed by atoms with Gasteiger partial charge >= 0.3 is 0 Å². The van der Waals surface area contributed by atoms with Crippen LogP contribution in [0.15, 0.2) is 46.8 Å². The summed E-state index contributed by atoms with van der Waals surface area (Å²) >= 11 is 0. The first kappa shape index (κ1) is 17.4. The zero-order valence-corrected chi connectivity index (χ0v) is 16.0. The second-order valence-corrected chi connectivity index (χ2v) is 7.84. The average Bonchev–Trinajstić information content (AvgIpc) is 2.60. The molecule has 1 aliphatic rings. The van der Waals surface area contributed by atoms with Crippen molar-refractivity contribution in [3.05, 3.63) is 63.3 Å². The highest BCUT2D eigenvalue weighted by molar-refractivity contribution is 6.01. The van der Waals surface area contributed by atoms with Crippen LogP contribution in [0.5, 0.6) is 11.5 Å². The first-order chi connectivity index (χ1) is 12.8. The molecule has 4 rings (SSSR count). The number of ether oxygens (including phenoxy) is 1. The maximum atomic E-state index is 13.2. The van der Waals surface area contributed by atoms with Gasteiger partial charge in [-0.15, -0.1) is 0 Å². The molecule has 0 saturated heterocycles. The van der Waals surface area contributed by atoms with Crippen LogP contribution in [-0.2, 0) is 6.42 Å². The highest BCUT2D eigenvalue weighted by Crippen LogP contribution is 2.44. The Bertz CT molecular complexity index is 1190. The summed E-state index contributed by atoms with van der Waals surface area (Å²) in [6.45, 7) is 8.03. The summed E-state index contributed by atoms with van der Waals surface area (Å²) in [7, 11) is 0. The van der Waals surface area contributed by atoms with Gasteiger partial charge in [0.2, 0.25) is 5.43 Å². The molecule has 2 aromatic carbocycles. The molecule has 0 fully saturated rings. The van der Waals surface area contributed by atoms with Crippen molar-refractivity contribution in [2.24, 2.45) is 0 Å². The average molecular weight is 361 g/mol. The summed E-state index contributed by atoms with van der Waals surface area (Å²) in [6.07, 6.45) is 6.48. The van der Waals surface area contributed by atoms with Crippen LogP contribution >= 0.6 is 0 Å². The van der Waals surface area contributed by atoms with Gasteiger partial charge in [0.1, 0.15) is 17.1 Å². The third kappa shape index (κ3) is 2.81. The van der Waals surface area contributed by atoms with E-state index in [0.29, 0.717) is 34.0 Å². The number of aromatic nitrogens is 1. The number of hydrogen-bond donors (Lipinski definition) is 2. The van der Waals surface area contributed by atoms with E-state index < -0.39 is 5.60 Å². The van der Waals surface area contributed by atoms with E-state index in [2.05, 4.69) is 11.1 Å². The second kappa shape index (κ2) is 6.02. The van der Waals surface area contributed by atoms with Crippen molar-refractivity contribution >= 4 is 27.9 Å². The number of nitrogens with one attached hydrogen (secondary N) is 1. The summed E-state index contributed by atoms with van der Waals surface area (Å²) in [5, 5.41) is 11.8. The highest BCUT2D eigenvalue weighted by atomic mass is 16.5. The first-order valence-electron chi connectivity index (χ1n) is 9.12. The number of benzene rings is 2. The fourth-order valence-electron chi connectivity index (χ4n) is 3.56. The molecular weight excluding hydrogens is 338 g/mol. The third-order valence-corrected chi connectivity index (χ3v) is 4.95. The van der Waals surface area contributed by atoms with Gasteiger partial charge in [-0.2, -0.15) is 0 Å². The Morgan fingerprint density at radius 1 is 1.26 bits per heavy atom. The highest BCUT2D eigenvalue weighted by Gasteiger charge is 2.29. The van der Waals surface area contributed by atoms with Crippen LogP contribution in [0.2, 0.25) is 0 Å². The lowest BCUT2D eigenvalue weighted by atomic mass is 9.93. The van der Waals surface area contributed by atoms with Crippen molar-refractivity contribution in [2.75, 3.05) is 0 Å². The minimum atomic E-state index is -0.482. The summed E-state index contributed by atoms with van der Waals surface area (Å²) in [5.74, 6) is 0.607. The molecule has 4 nitrogen and oxygen atoms in total. The van der Waals surface area contributed by atoms with E-state index in [9.17, 15) is 9.90 Å². The minimum Gasteiger partial charge on any atom is -0.506 e. The normalized spacial score (nSPS) is 14.8. The van der Waals surface area contributed by atoms with E-state index in [0.717, 1.165) is 11.1 Å². The van der Waals surface area contributed by atoms with Gasteiger partial charge in [-0.05, 0) is 58.4 Å². The molecule has 0 atom stereocenters. The fourth-order valence-corrected chi connectivity index (χ4v) is 3.56. The number of aromatic amines is 1. The van der Waals surface area contributed by atoms with Gasteiger partial charge in [0.05, 0.1) is 16.5 Å². The van der Waals surface area contributed by atoms with Gasteiger partial charge in [-0.1, -0.05) is 23.8 Å². The number of phenolic OH excluding ortho intramolecular Hbond substituents is 1. The fraction of sp³-hybridized carbons (Fsp3) is 0.261. The quantitative estimate of drug-likeness (QED) is 0.494. The van der Waals surface area contributed by atoms with Gasteiger partial charge in [0, 0.05) is 16.5 Å². The Kier molecular flexibility index (Phi) is 3.88. The summed E-state index contributed by atoms with van der Waals surface area (Å²) < 4.78 is 6.23. The summed E-state index contributed by atoms with van der Waals surface area (Å²) in [4.78, 5) is 16.5. The molecule has 1 aliphatic heterocycles. The molecule has 27 heavy (non-hydrogen) atoms. The van der Waals surface area contributed by atoms with Crippen molar-refractivity contribution in [2.45, 2.75) is 39.7 Å². The Labute approximate surface area is 157 Å². The first-order valence-corrected chi connectivity index (χ1v) is 9.12. The molecule has 0 aliphatic carbocycles. The van der Waals surface area contributed by atoms with Crippen LogP contribution in [0.25, 0.3) is 27.9 Å². The zero-order valence-electron chi connectivity index (χ0n) is 16.0. The van der Waals surface area contributed by atoms with Crippen molar-refractivity contribution in [3.63, 3.8) is 0 Å². The summed E-state index contributed by atoms with van der Waals surface area (Å²) in [6, 6.07) is 7.37. The lowest BCUT2D eigenvalue weighted by Crippen LogP contribution is -2.28. The number of phenols is 1. The Morgan fingerprint density at radius 2 is 2.00 bits per heavy atom. The molecule has 4 heteroatoms. The number of allylic oxidation sites excluding steroid dienone is 2. The molecule has 2 heterocycles. The number of pyridine rings is 1. The molecule has 0 unspecified atom stereocenters. The number of fused-ring (bicyclic) bond motifs is 3. The molecule has 0 amide bonds. The standard InChI is InChI=1S/C23H23NO3/c1-13(2)9-10-15-19-18(20(25)14-7-5-6-8-17(14)24-19)21(26)16-11-12-23(3,4)27-22(15)16/h5-9,11-12,26H,10H2,1-4H3,(H,24,25). The lowest BCUT2D eigenvalue weighted by Gasteiger charge is -2.30. The van der Waals surface area contributed by atoms with Gasteiger partial charge < -0.3 is 14.8 Å². The molecule has 0 spiro atoms. The van der Waals surface area contributed by atoms with Gasteiger partial charge in [-0.3, -0.25) is 4.79 Å². The third-order valence-electron chi connectivity index (χ3n) is 4.95. The Hall–Kier alpha value is -3.01. The molecule has 2 N–H and O–H groups in total. The Balaban J connectivity index is 2.18. The van der Waals surface area contributed by atoms with Crippen LogP contribution in [0.1, 0.15) is 38.8 Å². The number of aromatic hydroxyl groups is 1. The van der Waals surface area contributed by atoms with Gasteiger partial charge in [0.25, 0.3) is 0 Å². The summed E-state index contributed by atoms with van der Waals surface area (Å²) in [5.41, 5.74) is 3.37. The van der Waals surface area contributed by atoms with E-state index in [1.165, 1.54) is 5.57 Å². The van der Waals surface area contributed by atoms with Crippen molar-refractivity contribution in [1.29, 1.82) is 0 Å². The lowest BCUT2D eigenvalue weighted by molar-refractivity contribution is 0.157. The van der Waals surface area contributed by atoms with Gasteiger partial charge in [0.15, 0.2) is 0 Å². The number of para-hydroxylation sites is 1. The van der Waals surface area contributed by atoms with E-state index in [1.807, 2.05) is 58.0 Å². The number of rotatable bonds is 2. The van der Waals surface area contributed by atoms with E-state index in [4.69, 9.17) is 4.74 Å². The predicted molar refractivity (Wildman–Crippen MR) is 111 cm³/mol. The van der Waals surface area contributed by atoms with Crippen LogP contribution in [-0.4, -0.2) is 15.7 Å². The monoisotopic (exact) mass is 361 g/mol. The maximum Gasteiger partial charge on any atom is 0.200 e. The van der Waals surface area contributed by atoms with E-state index >= 15 is 0 Å². The van der Waals surface area contributed by atoms with Crippen molar-refractivity contribution in [1.82, 2.24) is 4.98 Å². The minimum absolute atomic E-state index is 0.0281. The maximum absolute atomic E-state index is 13.2.